The van der Waals surface area contributed by atoms with E-state index in [1.165, 1.54) is 0 Å². The quantitative estimate of drug-likeness (QED) is 0.0517. The number of nitrogens with zero attached hydrogens (tertiary/aromatic N) is 1. The lowest BCUT2D eigenvalue weighted by atomic mass is 9.87. The number of carbonyl (C=O) groups excluding carboxylic acids is 1. The van der Waals surface area contributed by atoms with Gasteiger partial charge in [-0.25, -0.2) is 9.79 Å². The van der Waals surface area contributed by atoms with E-state index in [-0.39, 0.29) is 12.8 Å². The van der Waals surface area contributed by atoms with Gasteiger partial charge >= 0.3 is 47.6 Å². The van der Waals surface area contributed by atoms with Gasteiger partial charge in [0, 0.05) is 6.42 Å². The lowest BCUT2D eigenvalue weighted by Crippen LogP contribution is -2.74. The fourth-order valence-corrected chi connectivity index (χ4v) is 3.92. The summed E-state index contributed by atoms with van der Waals surface area (Å²) in [5.74, 6) is -56.5. The Hall–Kier alpha value is -1.81. The van der Waals surface area contributed by atoms with Gasteiger partial charge in [0.25, 0.3) is 0 Å². The summed E-state index contributed by atoms with van der Waals surface area (Å²) in [4.78, 5) is 13.5. The molecule has 0 aliphatic heterocycles. The minimum absolute atomic E-state index is 0.122. The summed E-state index contributed by atoms with van der Waals surface area (Å²) in [6, 6.07) is -1.64. The molecule has 256 valence electrons. The first kappa shape index (κ1) is 41.2. The summed E-state index contributed by atoms with van der Waals surface area (Å²) >= 11 is 0. The summed E-state index contributed by atoms with van der Waals surface area (Å²) in [5.41, 5.74) is 0. The molecular weight excluding hydrogens is 641 g/mol. The number of unbranched alkanes of at least 4 members (excludes halogenated alkanes) is 9. The molecule has 0 aliphatic carbocycles. The Morgan fingerprint density at radius 2 is 0.837 bits per heavy atom. The maximum Gasteiger partial charge on any atom is 0.460 e. The molecule has 1 atom stereocenters. The van der Waals surface area contributed by atoms with Gasteiger partial charge in [-0.2, -0.15) is 74.6 Å². The van der Waals surface area contributed by atoms with Gasteiger partial charge in [-0.05, 0) is 12.8 Å². The largest absolute Gasteiger partial charge is 0.460 e. The van der Waals surface area contributed by atoms with E-state index in [0.29, 0.717) is 12.8 Å². The second-order valence-corrected chi connectivity index (χ2v) is 10.0. The Balaban J connectivity index is 5.63. The number of isocyanates is 1. The molecule has 0 bridgehead atoms. The van der Waals surface area contributed by atoms with Crippen molar-refractivity contribution >= 4 is 6.08 Å². The fourth-order valence-electron chi connectivity index (χ4n) is 3.92. The first-order valence-electron chi connectivity index (χ1n) is 13.0. The molecule has 0 heterocycles. The molecule has 1 unspecified atom stereocenters. The van der Waals surface area contributed by atoms with Crippen molar-refractivity contribution < 1.29 is 79.4 Å². The van der Waals surface area contributed by atoms with E-state index >= 15 is 0 Å². The molecule has 0 radical (unpaired) electrons. The molecule has 43 heavy (non-hydrogen) atoms. The van der Waals surface area contributed by atoms with Crippen LogP contribution in [0.4, 0.5) is 74.6 Å². The van der Waals surface area contributed by atoms with Gasteiger partial charge < -0.3 is 0 Å². The number of alkyl halides is 17. The SMILES string of the molecule is CCCCCCCCCCCCC(CCC(F)(F)C(F)(F)C(F)(F)C(F)(F)C(F)(F)C(F)(F)C(F)(F)C(F)(F)F)N=C=O. The van der Waals surface area contributed by atoms with Crippen molar-refractivity contribution in [2.45, 2.75) is 144 Å². The van der Waals surface area contributed by atoms with E-state index in [0.717, 1.165) is 51.0 Å². The van der Waals surface area contributed by atoms with Crippen LogP contribution in [0.2, 0.25) is 0 Å². The summed E-state index contributed by atoms with van der Waals surface area (Å²) in [5, 5.41) is 0. The van der Waals surface area contributed by atoms with Crippen LogP contribution in [-0.4, -0.2) is 59.8 Å². The van der Waals surface area contributed by atoms with E-state index in [4.69, 9.17) is 0 Å². The maximum absolute atomic E-state index is 14.1. The molecule has 0 aliphatic rings. The zero-order valence-corrected chi connectivity index (χ0v) is 22.6. The molecule has 0 saturated heterocycles. The monoisotopic (exact) mass is 671 g/mol. The molecule has 0 saturated carbocycles. The molecule has 0 N–H and O–H groups in total. The minimum Gasteiger partial charge on any atom is -0.211 e. The van der Waals surface area contributed by atoms with Gasteiger partial charge in [-0.3, -0.25) is 0 Å². The van der Waals surface area contributed by atoms with E-state index in [2.05, 4.69) is 4.99 Å². The summed E-state index contributed by atoms with van der Waals surface area (Å²) in [6.45, 7) is 2.03. The number of hydrogen-bond acceptors (Lipinski definition) is 2. The van der Waals surface area contributed by atoms with Crippen LogP contribution in [0.3, 0.4) is 0 Å². The average Bonchev–Trinajstić information content (AvgIpc) is 2.86. The van der Waals surface area contributed by atoms with Crippen LogP contribution in [-0.2, 0) is 4.79 Å². The first-order valence-corrected chi connectivity index (χ1v) is 13.0. The van der Waals surface area contributed by atoms with Gasteiger partial charge in [-0.15, -0.1) is 0 Å². The second kappa shape index (κ2) is 15.0. The normalized spacial score (nSPS) is 15.4. The molecular formula is C24H30F17NO. The van der Waals surface area contributed by atoms with Crippen molar-refractivity contribution in [1.82, 2.24) is 0 Å². The summed E-state index contributed by atoms with van der Waals surface area (Å²) in [7, 11) is 0. The molecule has 0 aromatic rings. The maximum atomic E-state index is 14.1. The zero-order valence-electron chi connectivity index (χ0n) is 22.6. The molecule has 0 fully saturated rings. The van der Waals surface area contributed by atoms with Crippen molar-refractivity contribution in [2.24, 2.45) is 4.99 Å². The smallest absolute Gasteiger partial charge is 0.211 e. The Morgan fingerprint density at radius 3 is 1.21 bits per heavy atom. The van der Waals surface area contributed by atoms with E-state index < -0.39 is 66.5 Å². The summed E-state index contributed by atoms with van der Waals surface area (Å²) < 4.78 is 227. The highest BCUT2D eigenvalue weighted by Gasteiger charge is 2.95. The Bertz CT molecular complexity index is 895. The van der Waals surface area contributed by atoms with E-state index in [1.807, 2.05) is 6.92 Å². The molecule has 0 rings (SSSR count). The highest BCUT2D eigenvalue weighted by atomic mass is 19.4. The molecule has 0 aromatic carbocycles. The third-order valence-corrected chi connectivity index (χ3v) is 6.70. The van der Waals surface area contributed by atoms with Gasteiger partial charge in [0.05, 0.1) is 6.04 Å². The number of aliphatic imine (C=N–C) groups is 1. The number of hydrogen-bond donors (Lipinski definition) is 0. The zero-order chi connectivity index (χ0) is 34.2. The molecule has 0 spiro atoms. The standard InChI is InChI=1S/C24H30F17NO/c1-2-3-4-5-6-7-8-9-10-11-12-16(42-15-43)13-14-17(25,26)18(27,28)19(29,30)20(31,32)21(33,34)22(35,36)23(37,38)24(39,40)41/h16H,2-14H2,1H3. The molecule has 0 aromatic heterocycles. The van der Waals surface area contributed by atoms with Crippen LogP contribution in [0.5, 0.6) is 0 Å². The van der Waals surface area contributed by atoms with Crippen LogP contribution >= 0.6 is 0 Å². The van der Waals surface area contributed by atoms with Crippen molar-refractivity contribution in [1.29, 1.82) is 0 Å². The van der Waals surface area contributed by atoms with Crippen LogP contribution < -0.4 is 0 Å². The van der Waals surface area contributed by atoms with E-state index in [9.17, 15) is 79.4 Å². The van der Waals surface area contributed by atoms with Crippen LogP contribution in [0.1, 0.15) is 90.4 Å². The predicted molar refractivity (Wildman–Crippen MR) is 118 cm³/mol. The van der Waals surface area contributed by atoms with Crippen molar-refractivity contribution in [2.75, 3.05) is 0 Å². The number of halogens is 17. The topological polar surface area (TPSA) is 29.4 Å². The second-order valence-electron chi connectivity index (χ2n) is 10.0. The molecule has 2 nitrogen and oxygen atoms in total. The lowest BCUT2D eigenvalue weighted by Gasteiger charge is -2.42. The summed E-state index contributed by atoms with van der Waals surface area (Å²) in [6.07, 6.45) is -3.40. The van der Waals surface area contributed by atoms with Crippen LogP contribution in [0.15, 0.2) is 4.99 Å². The van der Waals surface area contributed by atoms with E-state index in [1.54, 1.807) is 0 Å². The van der Waals surface area contributed by atoms with Crippen molar-refractivity contribution in [3.05, 3.63) is 0 Å². The fraction of sp³-hybridized carbons (Fsp3) is 0.958. The number of rotatable bonds is 21. The third kappa shape index (κ3) is 8.68. The Morgan fingerprint density at radius 1 is 0.488 bits per heavy atom. The highest BCUT2D eigenvalue weighted by molar-refractivity contribution is 5.33. The van der Waals surface area contributed by atoms with Gasteiger partial charge in [0.15, 0.2) is 0 Å². The molecule has 0 amide bonds. The van der Waals surface area contributed by atoms with Gasteiger partial charge in [-0.1, -0.05) is 71.1 Å². The first-order chi connectivity index (χ1) is 19.2. The van der Waals surface area contributed by atoms with Crippen LogP contribution in [0, 0.1) is 0 Å². The highest BCUT2D eigenvalue weighted by Crippen LogP contribution is 2.64. The van der Waals surface area contributed by atoms with Gasteiger partial charge in [0.1, 0.15) is 0 Å². The van der Waals surface area contributed by atoms with Gasteiger partial charge in [0.2, 0.25) is 6.08 Å². The third-order valence-electron chi connectivity index (χ3n) is 6.70. The Labute approximate surface area is 235 Å². The Kier molecular flexibility index (Phi) is 14.4. The average molecular weight is 671 g/mol. The predicted octanol–water partition coefficient (Wildman–Crippen LogP) is 10.8. The van der Waals surface area contributed by atoms with Crippen molar-refractivity contribution in [3.63, 3.8) is 0 Å². The van der Waals surface area contributed by atoms with Crippen molar-refractivity contribution in [3.8, 4) is 0 Å². The minimum atomic E-state index is -8.65. The molecule has 19 heteroatoms. The van der Waals surface area contributed by atoms with Crippen LogP contribution in [0.25, 0.3) is 0 Å². The lowest BCUT2D eigenvalue weighted by molar-refractivity contribution is -0.461.